The number of aliphatic imine (C=N–C) groups is 1. The van der Waals surface area contributed by atoms with Gasteiger partial charge in [-0.15, -0.1) is 24.0 Å². The standard InChI is InChI=1S/C19H26FN3.HI/c1-2-21-18(23-17-6-3-4-7-17)22-14-19(12-5-13-19)15-8-10-16(20)11-9-15;/h3-4,8-11,17H,2,5-7,12-14H2,1H3,(H2,21,22,23);1H. The fraction of sp³-hybridized carbons (Fsp3) is 0.526. The first kappa shape index (κ1) is 19.2. The van der Waals surface area contributed by atoms with Gasteiger partial charge < -0.3 is 10.6 Å². The van der Waals surface area contributed by atoms with E-state index in [9.17, 15) is 4.39 Å². The van der Waals surface area contributed by atoms with Crippen LogP contribution in [0.4, 0.5) is 4.39 Å². The molecule has 0 bridgehead atoms. The van der Waals surface area contributed by atoms with Gasteiger partial charge in [-0.25, -0.2) is 4.39 Å². The molecule has 3 nitrogen and oxygen atoms in total. The zero-order valence-corrected chi connectivity index (χ0v) is 16.6. The number of nitrogens with one attached hydrogen (secondary N) is 2. The van der Waals surface area contributed by atoms with Crippen molar-refractivity contribution in [3.63, 3.8) is 0 Å². The highest BCUT2D eigenvalue weighted by Gasteiger charge is 2.38. The maximum absolute atomic E-state index is 13.2. The molecule has 3 rings (SSSR count). The first-order valence-corrected chi connectivity index (χ1v) is 8.68. The van der Waals surface area contributed by atoms with Crippen LogP contribution < -0.4 is 10.6 Å². The van der Waals surface area contributed by atoms with Crippen molar-refractivity contribution in [2.45, 2.75) is 50.5 Å². The van der Waals surface area contributed by atoms with Crippen LogP contribution in [0.15, 0.2) is 41.4 Å². The van der Waals surface area contributed by atoms with Crippen LogP contribution in [-0.4, -0.2) is 25.1 Å². The first-order valence-electron chi connectivity index (χ1n) is 8.68. The SMILES string of the molecule is CCNC(=NCC1(c2ccc(F)cc2)CCC1)NC1CC=CC1.I. The summed E-state index contributed by atoms with van der Waals surface area (Å²) in [5.74, 6) is 0.727. The topological polar surface area (TPSA) is 36.4 Å². The third kappa shape index (κ3) is 4.49. The van der Waals surface area contributed by atoms with E-state index in [1.165, 1.54) is 12.0 Å². The zero-order valence-electron chi connectivity index (χ0n) is 14.2. The minimum absolute atomic E-state index is 0. The molecule has 2 aliphatic rings. The van der Waals surface area contributed by atoms with Gasteiger partial charge in [0.2, 0.25) is 0 Å². The monoisotopic (exact) mass is 443 g/mol. The van der Waals surface area contributed by atoms with Crippen LogP contribution in [0.3, 0.4) is 0 Å². The van der Waals surface area contributed by atoms with Crippen molar-refractivity contribution < 1.29 is 4.39 Å². The van der Waals surface area contributed by atoms with Gasteiger partial charge in [0.1, 0.15) is 5.82 Å². The molecule has 1 saturated carbocycles. The molecule has 0 aromatic heterocycles. The normalized spacial score (nSPS) is 19.5. The number of nitrogens with zero attached hydrogens (tertiary/aromatic N) is 1. The average molecular weight is 443 g/mol. The number of guanidine groups is 1. The summed E-state index contributed by atoms with van der Waals surface area (Å²) < 4.78 is 13.2. The van der Waals surface area contributed by atoms with Crippen molar-refractivity contribution in [3.8, 4) is 0 Å². The van der Waals surface area contributed by atoms with Crippen LogP contribution >= 0.6 is 24.0 Å². The molecular weight excluding hydrogens is 416 g/mol. The molecule has 0 radical (unpaired) electrons. The molecule has 0 atom stereocenters. The maximum atomic E-state index is 13.2. The molecular formula is C19H27FIN3. The third-order valence-corrected chi connectivity index (χ3v) is 5.00. The van der Waals surface area contributed by atoms with Crippen molar-refractivity contribution in [1.29, 1.82) is 0 Å². The van der Waals surface area contributed by atoms with Crippen LogP contribution in [0.25, 0.3) is 0 Å². The molecule has 24 heavy (non-hydrogen) atoms. The Morgan fingerprint density at radius 1 is 1.21 bits per heavy atom. The van der Waals surface area contributed by atoms with Gasteiger partial charge in [0.25, 0.3) is 0 Å². The summed E-state index contributed by atoms with van der Waals surface area (Å²) >= 11 is 0. The summed E-state index contributed by atoms with van der Waals surface area (Å²) in [5, 5.41) is 6.86. The van der Waals surface area contributed by atoms with Crippen LogP contribution in [0.1, 0.15) is 44.6 Å². The summed E-state index contributed by atoms with van der Waals surface area (Å²) in [6.07, 6.45) is 10.0. The summed E-state index contributed by atoms with van der Waals surface area (Å²) in [5.41, 5.74) is 1.30. The van der Waals surface area contributed by atoms with Gasteiger partial charge in [-0.3, -0.25) is 4.99 Å². The third-order valence-electron chi connectivity index (χ3n) is 5.00. The van der Waals surface area contributed by atoms with Crippen molar-refractivity contribution in [2.24, 2.45) is 4.99 Å². The Kier molecular flexibility index (Phi) is 7.07. The molecule has 0 saturated heterocycles. The number of hydrogen-bond acceptors (Lipinski definition) is 1. The van der Waals surface area contributed by atoms with Gasteiger partial charge in [-0.1, -0.05) is 30.7 Å². The quantitative estimate of drug-likeness (QED) is 0.311. The van der Waals surface area contributed by atoms with E-state index < -0.39 is 0 Å². The van der Waals surface area contributed by atoms with Gasteiger partial charge >= 0.3 is 0 Å². The lowest BCUT2D eigenvalue weighted by Crippen LogP contribution is -2.44. The van der Waals surface area contributed by atoms with Crippen molar-refractivity contribution in [2.75, 3.05) is 13.1 Å². The molecule has 2 aliphatic carbocycles. The molecule has 0 unspecified atom stereocenters. The highest BCUT2D eigenvalue weighted by molar-refractivity contribution is 14.0. The van der Waals surface area contributed by atoms with Gasteiger partial charge in [0, 0.05) is 18.0 Å². The first-order chi connectivity index (χ1) is 11.2. The summed E-state index contributed by atoms with van der Waals surface area (Å²) in [6.45, 7) is 3.70. The molecule has 0 spiro atoms. The fourth-order valence-electron chi connectivity index (χ4n) is 3.42. The predicted octanol–water partition coefficient (Wildman–Crippen LogP) is 4.14. The minimum atomic E-state index is -0.171. The van der Waals surface area contributed by atoms with Crippen LogP contribution in [0.5, 0.6) is 0 Å². The average Bonchev–Trinajstić information content (AvgIpc) is 3.01. The molecule has 1 fully saturated rings. The van der Waals surface area contributed by atoms with E-state index in [-0.39, 0.29) is 35.2 Å². The minimum Gasteiger partial charge on any atom is -0.357 e. The Bertz CT molecular complexity index is 571. The number of benzene rings is 1. The Labute approximate surface area is 161 Å². The summed E-state index contributed by atoms with van der Waals surface area (Å²) in [7, 11) is 0. The van der Waals surface area contributed by atoms with Crippen molar-refractivity contribution in [1.82, 2.24) is 10.6 Å². The largest absolute Gasteiger partial charge is 0.357 e. The predicted molar refractivity (Wildman–Crippen MR) is 109 cm³/mol. The number of halogens is 2. The lowest BCUT2D eigenvalue weighted by molar-refractivity contribution is 0.253. The number of hydrogen-bond donors (Lipinski definition) is 2. The molecule has 0 aliphatic heterocycles. The summed E-state index contributed by atoms with van der Waals surface area (Å²) in [6, 6.07) is 7.42. The van der Waals surface area contributed by atoms with Crippen LogP contribution in [-0.2, 0) is 5.41 Å². The Hall–Kier alpha value is -1.11. The molecule has 1 aromatic carbocycles. The Morgan fingerprint density at radius 3 is 2.42 bits per heavy atom. The molecule has 2 N–H and O–H groups in total. The second-order valence-corrected chi connectivity index (χ2v) is 6.62. The molecule has 1 aromatic rings. The second kappa shape index (κ2) is 8.83. The number of rotatable bonds is 5. The Balaban J connectivity index is 0.00000208. The molecule has 132 valence electrons. The lowest BCUT2D eigenvalue weighted by Gasteiger charge is -2.41. The van der Waals surface area contributed by atoms with E-state index in [1.54, 1.807) is 12.1 Å². The highest BCUT2D eigenvalue weighted by atomic mass is 127. The second-order valence-electron chi connectivity index (χ2n) is 6.62. The zero-order chi connectivity index (χ0) is 16.1. The smallest absolute Gasteiger partial charge is 0.191 e. The van der Waals surface area contributed by atoms with E-state index in [0.29, 0.717) is 6.04 Å². The van der Waals surface area contributed by atoms with E-state index in [1.807, 2.05) is 12.1 Å². The van der Waals surface area contributed by atoms with Crippen molar-refractivity contribution >= 4 is 29.9 Å². The maximum Gasteiger partial charge on any atom is 0.191 e. The lowest BCUT2D eigenvalue weighted by atomic mass is 9.64. The Morgan fingerprint density at radius 2 is 1.88 bits per heavy atom. The van der Waals surface area contributed by atoms with Gasteiger partial charge in [0.15, 0.2) is 5.96 Å². The molecule has 0 amide bonds. The van der Waals surface area contributed by atoms with E-state index in [2.05, 4.69) is 29.7 Å². The fourth-order valence-corrected chi connectivity index (χ4v) is 3.42. The van der Waals surface area contributed by atoms with Gasteiger partial charge in [-0.2, -0.15) is 0 Å². The summed E-state index contributed by atoms with van der Waals surface area (Å²) in [4.78, 5) is 4.84. The van der Waals surface area contributed by atoms with Crippen LogP contribution in [0, 0.1) is 5.82 Å². The van der Waals surface area contributed by atoms with Gasteiger partial charge in [0.05, 0.1) is 6.54 Å². The van der Waals surface area contributed by atoms with E-state index in [0.717, 1.165) is 44.7 Å². The van der Waals surface area contributed by atoms with E-state index >= 15 is 0 Å². The van der Waals surface area contributed by atoms with E-state index in [4.69, 9.17) is 4.99 Å². The molecule has 5 heteroatoms. The van der Waals surface area contributed by atoms with Gasteiger partial charge in [-0.05, 0) is 50.3 Å². The highest BCUT2D eigenvalue weighted by Crippen LogP contribution is 2.44. The van der Waals surface area contributed by atoms with Crippen LogP contribution in [0.2, 0.25) is 0 Å². The molecule has 0 heterocycles. The van der Waals surface area contributed by atoms with Crippen molar-refractivity contribution in [3.05, 3.63) is 47.8 Å².